The minimum Gasteiger partial charge on any atom is -0.380 e. The summed E-state index contributed by atoms with van der Waals surface area (Å²) in [6.45, 7) is 5.10. The first kappa shape index (κ1) is 25.0. The highest BCUT2D eigenvalue weighted by molar-refractivity contribution is 14.1. The predicted molar refractivity (Wildman–Crippen MR) is 151 cm³/mol. The van der Waals surface area contributed by atoms with Crippen LogP contribution in [0.1, 0.15) is 51.4 Å². The Morgan fingerprint density at radius 3 is 2.86 bits per heavy atom. The quantitative estimate of drug-likeness (QED) is 0.277. The van der Waals surface area contributed by atoms with Crippen molar-refractivity contribution in [3.05, 3.63) is 73.4 Å². The van der Waals surface area contributed by atoms with Gasteiger partial charge in [-0.3, -0.25) is 9.59 Å². The third-order valence-corrected chi connectivity index (χ3v) is 8.47. The van der Waals surface area contributed by atoms with Crippen LogP contribution in [0.4, 0.5) is 20.8 Å². The van der Waals surface area contributed by atoms with E-state index in [-0.39, 0.29) is 29.0 Å². The maximum absolute atomic E-state index is 14.7. The summed E-state index contributed by atoms with van der Waals surface area (Å²) in [7, 11) is 0. The highest BCUT2D eigenvalue weighted by Gasteiger charge is 2.35. The van der Waals surface area contributed by atoms with Gasteiger partial charge >= 0.3 is 0 Å². The van der Waals surface area contributed by atoms with E-state index in [1.807, 2.05) is 12.1 Å². The average molecular weight is 619 g/mol. The Labute approximate surface area is 227 Å². The SMILES string of the molecule is CC1(C)CNC(=O)c2sc(Nc3ccc(I)cc3F)c(C(=O)NCC3CCc4ccccc4N3)c2C1. The fourth-order valence-electron chi connectivity index (χ4n) is 4.76. The van der Waals surface area contributed by atoms with E-state index >= 15 is 0 Å². The smallest absolute Gasteiger partial charge is 0.261 e. The van der Waals surface area contributed by atoms with Crippen molar-refractivity contribution in [1.82, 2.24) is 10.6 Å². The van der Waals surface area contributed by atoms with Crippen LogP contribution in [0.25, 0.3) is 0 Å². The second-order valence-electron chi connectivity index (χ2n) is 10.1. The second-order valence-corrected chi connectivity index (χ2v) is 12.4. The lowest BCUT2D eigenvalue weighted by Gasteiger charge is -2.27. The summed E-state index contributed by atoms with van der Waals surface area (Å²) in [6.07, 6.45) is 2.42. The Hall–Kier alpha value is -2.66. The number of nitrogens with one attached hydrogen (secondary N) is 4. The Balaban J connectivity index is 1.44. The molecule has 0 spiro atoms. The van der Waals surface area contributed by atoms with Crippen LogP contribution in [0, 0.1) is 14.8 Å². The van der Waals surface area contributed by atoms with E-state index in [9.17, 15) is 14.0 Å². The van der Waals surface area contributed by atoms with Crippen LogP contribution in [-0.4, -0.2) is 30.9 Å². The van der Waals surface area contributed by atoms with Gasteiger partial charge in [0.2, 0.25) is 0 Å². The molecule has 1 unspecified atom stereocenters. The van der Waals surface area contributed by atoms with Crippen molar-refractivity contribution in [1.29, 1.82) is 0 Å². The summed E-state index contributed by atoms with van der Waals surface area (Å²) in [5.74, 6) is -0.866. The molecule has 2 amide bonds. The first-order valence-electron chi connectivity index (χ1n) is 12.0. The first-order chi connectivity index (χ1) is 17.2. The van der Waals surface area contributed by atoms with E-state index in [0.717, 1.165) is 22.1 Å². The molecule has 5 rings (SSSR count). The van der Waals surface area contributed by atoms with Crippen molar-refractivity contribution in [3.63, 3.8) is 0 Å². The molecule has 6 nitrogen and oxygen atoms in total. The maximum atomic E-state index is 14.7. The summed E-state index contributed by atoms with van der Waals surface area (Å²) in [5, 5.41) is 13.2. The normalized spacial score (nSPS) is 18.2. The van der Waals surface area contributed by atoms with Gasteiger partial charge in [-0.25, -0.2) is 4.39 Å². The summed E-state index contributed by atoms with van der Waals surface area (Å²) in [4.78, 5) is 27.1. The molecular weight excluding hydrogens is 590 g/mol. The number of rotatable bonds is 5. The highest BCUT2D eigenvalue weighted by atomic mass is 127. The second kappa shape index (κ2) is 10.0. The van der Waals surface area contributed by atoms with Gasteiger partial charge < -0.3 is 21.3 Å². The zero-order valence-corrected chi connectivity index (χ0v) is 23.1. The van der Waals surface area contributed by atoms with Crippen LogP contribution in [0.5, 0.6) is 0 Å². The Morgan fingerprint density at radius 2 is 2.06 bits per heavy atom. The third-order valence-electron chi connectivity index (χ3n) is 6.65. The number of amides is 2. The number of carbonyl (C=O) groups excluding carboxylic acids is 2. The van der Waals surface area contributed by atoms with Gasteiger partial charge in [0.05, 0.1) is 16.1 Å². The molecule has 3 heterocycles. The minimum absolute atomic E-state index is 0.103. The van der Waals surface area contributed by atoms with E-state index in [4.69, 9.17) is 0 Å². The number of carbonyl (C=O) groups is 2. The monoisotopic (exact) mass is 618 g/mol. The number of halogens is 2. The van der Waals surface area contributed by atoms with E-state index in [2.05, 4.69) is 69.8 Å². The molecular formula is C27H28FIN4O2S. The molecule has 4 N–H and O–H groups in total. The van der Waals surface area contributed by atoms with Gasteiger partial charge in [0.15, 0.2) is 0 Å². The number of hydrogen-bond donors (Lipinski definition) is 4. The van der Waals surface area contributed by atoms with E-state index in [1.165, 1.54) is 23.0 Å². The van der Waals surface area contributed by atoms with Crippen molar-refractivity contribution in [2.45, 2.75) is 39.2 Å². The van der Waals surface area contributed by atoms with Gasteiger partial charge in [0.1, 0.15) is 10.8 Å². The molecule has 1 aromatic heterocycles. The first-order valence-corrected chi connectivity index (χ1v) is 13.9. The molecule has 0 bridgehead atoms. The van der Waals surface area contributed by atoms with Crippen molar-refractivity contribution >= 4 is 62.1 Å². The van der Waals surface area contributed by atoms with Gasteiger partial charge in [0, 0.05) is 28.4 Å². The number of benzene rings is 2. The number of fused-ring (bicyclic) bond motifs is 2. The average Bonchev–Trinajstić information content (AvgIpc) is 3.14. The minimum atomic E-state index is -0.410. The zero-order valence-electron chi connectivity index (χ0n) is 20.1. The van der Waals surface area contributed by atoms with E-state index < -0.39 is 5.82 Å². The number of anilines is 3. The van der Waals surface area contributed by atoms with Crippen molar-refractivity contribution in [2.24, 2.45) is 5.41 Å². The molecule has 9 heteroatoms. The number of aryl methyl sites for hydroxylation is 1. The highest BCUT2D eigenvalue weighted by Crippen LogP contribution is 2.40. The standard InChI is InChI=1S/C27H28FIN4O2S/c1-27(2)12-18-22(24(34)30-13-17-9-7-15-5-3-4-6-20(15)32-17)26(36-23(18)25(35)31-14-27)33-21-10-8-16(29)11-19(21)28/h3-6,8,10-11,17,32-33H,7,9,12-14H2,1-2H3,(H,30,34)(H,31,35). The molecule has 2 aliphatic heterocycles. The Bertz CT molecular complexity index is 1340. The van der Waals surface area contributed by atoms with Gasteiger partial charge in [-0.2, -0.15) is 0 Å². The van der Waals surface area contributed by atoms with Crippen LogP contribution in [0.3, 0.4) is 0 Å². The topological polar surface area (TPSA) is 82.3 Å². The Morgan fingerprint density at radius 1 is 1.25 bits per heavy atom. The van der Waals surface area contributed by atoms with Crippen LogP contribution in [-0.2, 0) is 12.8 Å². The molecule has 2 aromatic carbocycles. The largest absolute Gasteiger partial charge is 0.380 e. The lowest BCUT2D eigenvalue weighted by molar-refractivity contribution is 0.0944. The third kappa shape index (κ3) is 5.22. The van der Waals surface area contributed by atoms with Crippen LogP contribution in [0.15, 0.2) is 42.5 Å². The molecule has 2 aliphatic rings. The zero-order chi connectivity index (χ0) is 25.4. The molecule has 0 saturated carbocycles. The lowest BCUT2D eigenvalue weighted by Crippen LogP contribution is -2.39. The predicted octanol–water partition coefficient (Wildman–Crippen LogP) is 5.70. The molecule has 36 heavy (non-hydrogen) atoms. The van der Waals surface area contributed by atoms with Gasteiger partial charge in [-0.1, -0.05) is 32.0 Å². The summed E-state index contributed by atoms with van der Waals surface area (Å²) >= 11 is 3.26. The molecule has 188 valence electrons. The number of thiophene rings is 1. The number of para-hydroxylation sites is 1. The van der Waals surface area contributed by atoms with Crippen LogP contribution in [0.2, 0.25) is 0 Å². The van der Waals surface area contributed by atoms with Gasteiger partial charge in [-0.15, -0.1) is 11.3 Å². The fourth-order valence-corrected chi connectivity index (χ4v) is 6.36. The van der Waals surface area contributed by atoms with Crippen molar-refractivity contribution in [2.75, 3.05) is 23.7 Å². The molecule has 0 saturated heterocycles. The maximum Gasteiger partial charge on any atom is 0.261 e. The summed E-state index contributed by atoms with van der Waals surface area (Å²) < 4.78 is 15.5. The molecule has 0 radical (unpaired) electrons. The summed E-state index contributed by atoms with van der Waals surface area (Å²) in [6, 6.07) is 13.2. The molecule has 0 fully saturated rings. The lowest BCUT2D eigenvalue weighted by atomic mass is 9.85. The van der Waals surface area contributed by atoms with E-state index in [0.29, 0.717) is 40.5 Å². The number of hydrogen-bond acceptors (Lipinski definition) is 5. The van der Waals surface area contributed by atoms with Crippen molar-refractivity contribution in [3.8, 4) is 0 Å². The molecule has 3 aromatic rings. The van der Waals surface area contributed by atoms with Gasteiger partial charge in [0.25, 0.3) is 11.8 Å². The van der Waals surface area contributed by atoms with Crippen LogP contribution < -0.4 is 21.3 Å². The fraction of sp³-hybridized carbons (Fsp3) is 0.333. The Kier molecular flexibility index (Phi) is 6.95. The molecule has 1 atom stereocenters. The van der Waals surface area contributed by atoms with Gasteiger partial charge in [-0.05, 0) is 82.7 Å². The van der Waals surface area contributed by atoms with Crippen LogP contribution >= 0.6 is 33.9 Å². The van der Waals surface area contributed by atoms with Crippen molar-refractivity contribution < 1.29 is 14.0 Å². The van der Waals surface area contributed by atoms with E-state index in [1.54, 1.807) is 12.1 Å². The summed E-state index contributed by atoms with van der Waals surface area (Å²) in [5.41, 5.74) is 3.56. The molecule has 0 aliphatic carbocycles.